The number of anilines is 3. The van der Waals surface area contributed by atoms with Crippen LogP contribution in [0.15, 0.2) is 26.2 Å². The van der Waals surface area contributed by atoms with E-state index in [1.807, 2.05) is 0 Å². The fourth-order valence-electron chi connectivity index (χ4n) is 2.45. The van der Waals surface area contributed by atoms with Crippen molar-refractivity contribution in [1.82, 2.24) is 19.9 Å². The van der Waals surface area contributed by atoms with E-state index in [0.29, 0.717) is 37.2 Å². The summed E-state index contributed by atoms with van der Waals surface area (Å²) < 4.78 is 1.91. The Morgan fingerprint density at radius 2 is 1.54 bits per heavy atom. The molecule has 8 nitrogen and oxygen atoms in total. The molecular weight excluding hydrogens is 534 g/mol. The molecule has 11 heteroatoms. The molecule has 2 heterocycles. The molecule has 6 N–H and O–H groups in total. The van der Waals surface area contributed by atoms with E-state index in [1.165, 1.54) is 0 Å². The summed E-state index contributed by atoms with van der Waals surface area (Å²) in [6.45, 7) is 0.835. The number of halogens is 3. The van der Waals surface area contributed by atoms with Crippen LogP contribution in [0.3, 0.4) is 0 Å². The molecule has 0 aromatic carbocycles. The summed E-state index contributed by atoms with van der Waals surface area (Å²) in [6.07, 6.45) is 6.91. The molecular formula is C15H20Br3N7O. The molecule has 0 amide bonds. The zero-order valence-corrected chi connectivity index (χ0v) is 18.6. The Morgan fingerprint density at radius 1 is 0.962 bits per heavy atom. The lowest BCUT2D eigenvalue weighted by molar-refractivity contribution is 0.111. The first-order valence-corrected chi connectivity index (χ1v) is 10.4. The van der Waals surface area contributed by atoms with Crippen molar-refractivity contribution in [2.45, 2.75) is 31.8 Å². The predicted molar refractivity (Wildman–Crippen MR) is 112 cm³/mol. The Labute approximate surface area is 177 Å². The van der Waals surface area contributed by atoms with Crippen molar-refractivity contribution in [1.29, 1.82) is 0 Å². The van der Waals surface area contributed by atoms with Crippen molar-refractivity contribution in [3.63, 3.8) is 0 Å². The highest BCUT2D eigenvalue weighted by atomic mass is 79.9. The molecule has 0 saturated heterocycles. The van der Waals surface area contributed by atoms with E-state index in [4.69, 9.17) is 11.5 Å². The molecule has 3 rings (SSSR count). The molecule has 0 radical (unpaired) electrons. The average Bonchev–Trinajstić information content (AvgIpc) is 2.61. The van der Waals surface area contributed by atoms with Crippen LogP contribution in [-0.4, -0.2) is 37.7 Å². The lowest BCUT2D eigenvalue weighted by atomic mass is 9.87. The van der Waals surface area contributed by atoms with E-state index < -0.39 is 0 Å². The van der Waals surface area contributed by atoms with Crippen LogP contribution < -0.4 is 16.8 Å². The van der Waals surface area contributed by atoms with Crippen molar-refractivity contribution < 1.29 is 5.11 Å². The first kappa shape index (κ1) is 21.3. The summed E-state index contributed by atoms with van der Waals surface area (Å²) >= 11 is 9.52. The maximum atomic E-state index is 9.42. The molecule has 2 aromatic rings. The summed E-state index contributed by atoms with van der Waals surface area (Å²) in [5.74, 6) is 2.03. The van der Waals surface area contributed by atoms with E-state index in [2.05, 4.69) is 73.0 Å². The minimum Gasteiger partial charge on any atom is -0.393 e. The van der Waals surface area contributed by atoms with Crippen LogP contribution in [0.1, 0.15) is 25.7 Å². The summed E-state index contributed by atoms with van der Waals surface area (Å²) in [4.78, 5) is 16.0. The molecule has 26 heavy (non-hydrogen) atoms. The number of aliphatic hydroxyl groups excluding tert-OH is 1. The van der Waals surface area contributed by atoms with Crippen molar-refractivity contribution >= 4 is 65.2 Å². The van der Waals surface area contributed by atoms with Crippen molar-refractivity contribution in [2.24, 2.45) is 5.92 Å². The Hall–Kier alpha value is -1.04. The number of nitrogen functional groups attached to an aromatic ring is 2. The van der Waals surface area contributed by atoms with E-state index >= 15 is 0 Å². The number of hydrogen-bond donors (Lipinski definition) is 4. The van der Waals surface area contributed by atoms with Gasteiger partial charge >= 0.3 is 0 Å². The lowest BCUT2D eigenvalue weighted by Crippen LogP contribution is -2.24. The highest BCUT2D eigenvalue weighted by Gasteiger charge is 2.19. The van der Waals surface area contributed by atoms with Gasteiger partial charge in [0.1, 0.15) is 13.8 Å². The number of hydrogen-bond acceptors (Lipinski definition) is 8. The number of aromatic nitrogens is 4. The van der Waals surface area contributed by atoms with Gasteiger partial charge < -0.3 is 21.9 Å². The van der Waals surface area contributed by atoms with E-state index in [1.54, 1.807) is 12.4 Å². The second-order valence-corrected chi connectivity index (χ2v) is 8.23. The second kappa shape index (κ2) is 10.3. The van der Waals surface area contributed by atoms with Gasteiger partial charge in [-0.3, -0.25) is 0 Å². The highest BCUT2D eigenvalue weighted by molar-refractivity contribution is 9.11. The Balaban J connectivity index is 0.000000228. The van der Waals surface area contributed by atoms with E-state index in [-0.39, 0.29) is 6.10 Å². The molecule has 2 aromatic heterocycles. The van der Waals surface area contributed by atoms with Gasteiger partial charge in [-0.15, -0.1) is 0 Å². The van der Waals surface area contributed by atoms with Gasteiger partial charge in [0.05, 0.1) is 18.5 Å². The molecule has 0 spiro atoms. The zero-order chi connectivity index (χ0) is 19.1. The van der Waals surface area contributed by atoms with Crippen LogP contribution in [-0.2, 0) is 0 Å². The van der Waals surface area contributed by atoms with Gasteiger partial charge in [-0.1, -0.05) is 0 Å². The molecule has 1 aliphatic carbocycles. The molecule has 0 unspecified atom stereocenters. The number of nitrogens with two attached hydrogens (primary N) is 2. The fourth-order valence-corrected chi connectivity index (χ4v) is 3.54. The van der Waals surface area contributed by atoms with Crippen LogP contribution in [0.2, 0.25) is 0 Å². The van der Waals surface area contributed by atoms with Crippen LogP contribution >= 0.6 is 47.8 Å². The normalized spacial score (nSPS) is 19.4. The Bertz CT molecular complexity index is 726. The van der Waals surface area contributed by atoms with Gasteiger partial charge in [-0.2, -0.15) is 0 Å². The number of nitrogens with zero attached hydrogens (tertiary/aromatic N) is 4. The van der Waals surface area contributed by atoms with Crippen molar-refractivity contribution in [3.8, 4) is 0 Å². The first-order valence-electron chi connectivity index (χ1n) is 7.98. The van der Waals surface area contributed by atoms with Crippen LogP contribution in [0, 0.1) is 5.92 Å². The van der Waals surface area contributed by atoms with Gasteiger partial charge in [-0.25, -0.2) is 19.9 Å². The Morgan fingerprint density at radius 3 is 2.12 bits per heavy atom. The van der Waals surface area contributed by atoms with Crippen LogP contribution in [0.5, 0.6) is 0 Å². The average molecular weight is 554 g/mol. The van der Waals surface area contributed by atoms with Crippen LogP contribution in [0.25, 0.3) is 0 Å². The smallest absolute Gasteiger partial charge is 0.170 e. The predicted octanol–water partition coefficient (Wildman–Crippen LogP) is 3.37. The lowest BCUT2D eigenvalue weighted by Gasteiger charge is -2.25. The van der Waals surface area contributed by atoms with Crippen molar-refractivity contribution in [3.05, 3.63) is 26.2 Å². The topological polar surface area (TPSA) is 136 Å². The number of rotatable bonds is 3. The van der Waals surface area contributed by atoms with Crippen LogP contribution in [0.4, 0.5) is 17.5 Å². The summed E-state index contributed by atoms with van der Waals surface area (Å²) in [6, 6.07) is 0. The molecule has 0 aliphatic heterocycles. The quantitative estimate of drug-likeness (QED) is 0.454. The monoisotopic (exact) mass is 551 g/mol. The summed E-state index contributed by atoms with van der Waals surface area (Å²) in [5, 5.41) is 12.7. The summed E-state index contributed by atoms with van der Waals surface area (Å²) in [7, 11) is 0. The maximum Gasteiger partial charge on any atom is 0.170 e. The maximum absolute atomic E-state index is 9.42. The second-order valence-electron chi connectivity index (χ2n) is 5.85. The molecule has 1 saturated carbocycles. The molecule has 0 atom stereocenters. The first-order chi connectivity index (χ1) is 12.3. The van der Waals surface area contributed by atoms with E-state index in [0.717, 1.165) is 32.2 Å². The number of aliphatic hydroxyl groups is 1. The standard InChI is InChI=1S/C11H17BrN4O.C4H3Br2N3/c12-9-6-14-10(13)11(16-9)15-5-7-1-3-8(17)4-2-7;5-2-1-8-4(7)3(6)9-2/h6-8,17H,1-5H2,(H2,13,14)(H,15,16);1H,(H2,7,8). The fraction of sp³-hybridized carbons (Fsp3) is 0.467. The van der Waals surface area contributed by atoms with Gasteiger partial charge in [0, 0.05) is 6.54 Å². The van der Waals surface area contributed by atoms with Gasteiger partial charge in [-0.05, 0) is 79.4 Å². The van der Waals surface area contributed by atoms with Gasteiger partial charge in [0.2, 0.25) is 0 Å². The third kappa shape index (κ3) is 6.93. The third-order valence-corrected chi connectivity index (χ3v) is 5.22. The zero-order valence-electron chi connectivity index (χ0n) is 13.9. The molecule has 1 aliphatic rings. The Kier molecular flexibility index (Phi) is 8.45. The van der Waals surface area contributed by atoms with E-state index in [9.17, 15) is 5.11 Å². The SMILES string of the molecule is Nc1ncc(Br)nc1Br.Nc1ncc(Br)nc1NCC1CCC(O)CC1. The molecule has 142 valence electrons. The third-order valence-electron chi connectivity index (χ3n) is 3.87. The van der Waals surface area contributed by atoms with Crippen molar-refractivity contribution in [2.75, 3.05) is 23.3 Å². The number of nitrogens with one attached hydrogen (secondary N) is 1. The summed E-state index contributed by atoms with van der Waals surface area (Å²) in [5.41, 5.74) is 11.1. The molecule has 0 bridgehead atoms. The highest BCUT2D eigenvalue weighted by Crippen LogP contribution is 2.25. The minimum atomic E-state index is -0.109. The largest absolute Gasteiger partial charge is 0.393 e. The minimum absolute atomic E-state index is 0.109. The molecule has 1 fully saturated rings. The van der Waals surface area contributed by atoms with Gasteiger partial charge in [0.15, 0.2) is 17.5 Å². The van der Waals surface area contributed by atoms with Gasteiger partial charge in [0.25, 0.3) is 0 Å².